The predicted molar refractivity (Wildman–Crippen MR) is 95.2 cm³/mol. The van der Waals surface area contributed by atoms with Crippen LogP contribution in [0.4, 0.5) is 5.82 Å². The fraction of sp³-hybridized carbons (Fsp3) is 0.562. The van der Waals surface area contributed by atoms with Crippen molar-refractivity contribution in [2.45, 2.75) is 26.7 Å². The molecule has 7 heteroatoms. The van der Waals surface area contributed by atoms with Crippen LogP contribution in [-0.2, 0) is 7.05 Å². The van der Waals surface area contributed by atoms with E-state index in [9.17, 15) is 0 Å². The molecule has 23 heavy (non-hydrogen) atoms. The van der Waals surface area contributed by atoms with E-state index in [4.69, 9.17) is 5.10 Å². The summed E-state index contributed by atoms with van der Waals surface area (Å²) in [4.78, 5) is 1.00. The Kier molecular flexibility index (Phi) is 3.69. The molecule has 0 atom stereocenters. The first-order valence-corrected chi connectivity index (χ1v) is 9.00. The smallest absolute Gasteiger partial charge is 0.166 e. The molecular weight excluding hydrogens is 308 g/mol. The molecule has 6 nitrogen and oxygen atoms in total. The van der Waals surface area contributed by atoms with Crippen LogP contribution < -0.4 is 10.6 Å². The Bertz CT molecular complexity index is 859. The predicted octanol–water partition coefficient (Wildman–Crippen LogP) is 2.61. The Morgan fingerprint density at radius 3 is 2.83 bits per heavy atom. The van der Waals surface area contributed by atoms with Crippen LogP contribution in [0.5, 0.6) is 0 Å². The standard InChI is InChI=1S/C16H22N6S/c1-9-10(2)19-20-16-12(9)13-14(23-16)15(21-22(13)3)18-8-11-4-6-17-7-5-11/h11,17H,4-8H2,1-3H3,(H,18,21). The maximum absolute atomic E-state index is 4.71. The minimum absolute atomic E-state index is 0.728. The summed E-state index contributed by atoms with van der Waals surface area (Å²) in [5, 5.41) is 21.5. The van der Waals surface area contributed by atoms with Gasteiger partial charge in [-0.3, -0.25) is 4.68 Å². The van der Waals surface area contributed by atoms with Gasteiger partial charge in [-0.05, 0) is 51.3 Å². The van der Waals surface area contributed by atoms with E-state index in [1.165, 1.54) is 34.0 Å². The molecule has 0 unspecified atom stereocenters. The van der Waals surface area contributed by atoms with E-state index in [0.29, 0.717) is 0 Å². The highest BCUT2D eigenvalue weighted by Crippen LogP contribution is 2.38. The first-order chi connectivity index (χ1) is 11.1. The van der Waals surface area contributed by atoms with E-state index in [2.05, 4.69) is 27.8 Å². The minimum atomic E-state index is 0.728. The second kappa shape index (κ2) is 5.72. The van der Waals surface area contributed by atoms with E-state index in [1.54, 1.807) is 11.3 Å². The zero-order chi connectivity index (χ0) is 16.0. The first kappa shape index (κ1) is 14.8. The Hall–Kier alpha value is -1.73. The molecular formula is C16H22N6S. The van der Waals surface area contributed by atoms with E-state index >= 15 is 0 Å². The molecule has 0 radical (unpaired) electrons. The number of nitrogens with one attached hydrogen (secondary N) is 2. The molecule has 3 aromatic heterocycles. The second-order valence-corrected chi connectivity index (χ2v) is 7.42. The number of rotatable bonds is 3. The van der Waals surface area contributed by atoms with Gasteiger partial charge in [-0.15, -0.1) is 16.4 Å². The zero-order valence-electron chi connectivity index (χ0n) is 13.8. The summed E-state index contributed by atoms with van der Waals surface area (Å²) in [5.41, 5.74) is 3.37. The molecule has 122 valence electrons. The number of piperidine rings is 1. The molecule has 1 saturated heterocycles. The maximum Gasteiger partial charge on any atom is 0.166 e. The van der Waals surface area contributed by atoms with E-state index < -0.39 is 0 Å². The highest BCUT2D eigenvalue weighted by atomic mass is 32.1. The topological polar surface area (TPSA) is 67.7 Å². The lowest BCUT2D eigenvalue weighted by molar-refractivity contribution is 0.389. The van der Waals surface area contributed by atoms with Crippen LogP contribution in [0.15, 0.2) is 0 Å². The number of hydrogen-bond acceptors (Lipinski definition) is 6. The summed E-state index contributed by atoms with van der Waals surface area (Å²) in [6.45, 7) is 7.37. The number of hydrogen-bond donors (Lipinski definition) is 2. The molecule has 4 rings (SSSR count). The van der Waals surface area contributed by atoms with E-state index in [0.717, 1.165) is 41.9 Å². The van der Waals surface area contributed by atoms with Gasteiger partial charge >= 0.3 is 0 Å². The third-order valence-electron chi connectivity index (χ3n) is 4.88. The van der Waals surface area contributed by atoms with Crippen LogP contribution in [-0.4, -0.2) is 39.6 Å². The van der Waals surface area contributed by atoms with Crippen molar-refractivity contribution < 1.29 is 0 Å². The highest BCUT2D eigenvalue weighted by Gasteiger charge is 2.20. The molecule has 1 fully saturated rings. The largest absolute Gasteiger partial charge is 0.367 e. The van der Waals surface area contributed by atoms with Crippen LogP contribution in [0.2, 0.25) is 0 Å². The lowest BCUT2D eigenvalue weighted by Gasteiger charge is -2.22. The van der Waals surface area contributed by atoms with Crippen molar-refractivity contribution >= 4 is 37.6 Å². The lowest BCUT2D eigenvalue weighted by Crippen LogP contribution is -2.31. The number of anilines is 1. The van der Waals surface area contributed by atoms with E-state index in [-0.39, 0.29) is 0 Å². The van der Waals surface area contributed by atoms with Crippen LogP contribution in [0.3, 0.4) is 0 Å². The van der Waals surface area contributed by atoms with Crippen molar-refractivity contribution in [1.82, 2.24) is 25.3 Å². The average Bonchev–Trinajstić information content (AvgIpc) is 3.08. The van der Waals surface area contributed by atoms with Gasteiger partial charge in [-0.25, -0.2) is 0 Å². The van der Waals surface area contributed by atoms with Gasteiger partial charge < -0.3 is 10.6 Å². The van der Waals surface area contributed by atoms with Gasteiger partial charge in [0, 0.05) is 19.0 Å². The van der Waals surface area contributed by atoms with E-state index in [1.807, 2.05) is 18.7 Å². The molecule has 0 aliphatic carbocycles. The number of aromatic nitrogens is 4. The number of fused-ring (bicyclic) bond motifs is 3. The Balaban J connectivity index is 1.72. The number of aryl methyl sites for hydroxylation is 3. The average molecular weight is 330 g/mol. The van der Waals surface area contributed by atoms with Gasteiger partial charge in [-0.1, -0.05) is 0 Å². The van der Waals surface area contributed by atoms with Crippen molar-refractivity contribution in [3.8, 4) is 0 Å². The summed E-state index contributed by atoms with van der Waals surface area (Å²) in [7, 11) is 2.01. The van der Waals surface area contributed by atoms with Crippen LogP contribution in [0.25, 0.3) is 20.4 Å². The molecule has 0 amide bonds. The zero-order valence-corrected chi connectivity index (χ0v) is 14.6. The van der Waals surface area contributed by atoms with Crippen molar-refractivity contribution in [3.63, 3.8) is 0 Å². The van der Waals surface area contributed by atoms with Crippen molar-refractivity contribution in [3.05, 3.63) is 11.3 Å². The third-order valence-corrected chi connectivity index (χ3v) is 5.95. The fourth-order valence-electron chi connectivity index (χ4n) is 3.35. The van der Waals surface area contributed by atoms with Crippen molar-refractivity contribution in [2.24, 2.45) is 13.0 Å². The highest BCUT2D eigenvalue weighted by molar-refractivity contribution is 7.26. The Labute approximate surface area is 139 Å². The maximum atomic E-state index is 4.71. The summed E-state index contributed by atoms with van der Waals surface area (Å²) in [6.07, 6.45) is 2.47. The molecule has 4 heterocycles. The van der Waals surface area contributed by atoms with Gasteiger partial charge in [0.25, 0.3) is 0 Å². The normalized spacial score (nSPS) is 16.5. The lowest BCUT2D eigenvalue weighted by atomic mass is 9.98. The summed E-state index contributed by atoms with van der Waals surface area (Å²) in [5.74, 6) is 1.72. The van der Waals surface area contributed by atoms with Gasteiger partial charge in [0.1, 0.15) is 4.83 Å². The van der Waals surface area contributed by atoms with Crippen LogP contribution in [0, 0.1) is 19.8 Å². The molecule has 0 spiro atoms. The summed E-state index contributed by atoms with van der Waals surface area (Å²) in [6, 6.07) is 0. The van der Waals surface area contributed by atoms with Gasteiger partial charge in [0.2, 0.25) is 0 Å². The van der Waals surface area contributed by atoms with Crippen molar-refractivity contribution in [2.75, 3.05) is 25.0 Å². The van der Waals surface area contributed by atoms with Gasteiger partial charge in [-0.2, -0.15) is 10.2 Å². The quantitative estimate of drug-likeness (QED) is 0.773. The third kappa shape index (κ3) is 2.48. The molecule has 3 aromatic rings. The van der Waals surface area contributed by atoms with Crippen LogP contribution in [0.1, 0.15) is 24.1 Å². The summed E-state index contributed by atoms with van der Waals surface area (Å²) >= 11 is 1.69. The molecule has 0 bridgehead atoms. The number of thiophene rings is 1. The molecule has 1 aliphatic heterocycles. The molecule has 1 aliphatic rings. The second-order valence-electron chi connectivity index (χ2n) is 6.42. The SMILES string of the molecule is Cc1nnc2sc3c(NCC4CCNCC4)nn(C)c3c2c1C. The van der Waals surface area contributed by atoms with Crippen molar-refractivity contribution in [1.29, 1.82) is 0 Å². The number of nitrogens with zero attached hydrogens (tertiary/aromatic N) is 4. The monoisotopic (exact) mass is 330 g/mol. The van der Waals surface area contributed by atoms with Gasteiger partial charge in [0.05, 0.1) is 15.9 Å². The fourth-order valence-corrected chi connectivity index (χ4v) is 4.52. The first-order valence-electron chi connectivity index (χ1n) is 8.19. The van der Waals surface area contributed by atoms with Crippen LogP contribution >= 0.6 is 11.3 Å². The Morgan fingerprint density at radius 1 is 1.26 bits per heavy atom. The minimum Gasteiger partial charge on any atom is -0.367 e. The molecule has 0 saturated carbocycles. The molecule has 2 N–H and O–H groups in total. The Morgan fingerprint density at radius 2 is 2.04 bits per heavy atom. The van der Waals surface area contributed by atoms with Gasteiger partial charge in [0.15, 0.2) is 5.82 Å². The molecule has 0 aromatic carbocycles. The summed E-state index contributed by atoms with van der Waals surface area (Å²) < 4.78 is 3.17.